The van der Waals surface area contributed by atoms with Gasteiger partial charge in [-0.25, -0.2) is 0 Å². The molecule has 0 spiro atoms. The number of halogens is 2. The molecule has 0 aliphatic carbocycles. The molecule has 0 bridgehead atoms. The summed E-state index contributed by atoms with van der Waals surface area (Å²) < 4.78 is 3.51. The van der Waals surface area contributed by atoms with Gasteiger partial charge >= 0.3 is 0 Å². The van der Waals surface area contributed by atoms with E-state index >= 15 is 0 Å². The molecule has 0 fully saturated rings. The summed E-state index contributed by atoms with van der Waals surface area (Å²) in [7, 11) is 0. The van der Waals surface area contributed by atoms with Crippen LogP contribution >= 0.6 is 31.9 Å². The first-order valence-electron chi connectivity index (χ1n) is 11.0. The molecule has 0 atom stereocenters. The van der Waals surface area contributed by atoms with Crippen LogP contribution in [0.25, 0.3) is 0 Å². The molecular weight excluding hydrogens is 484 g/mol. The largest absolute Gasteiger partial charge is 0.329 e. The molecule has 158 valence electrons. The Labute approximate surface area is 186 Å². The number of unbranched alkanes of at least 4 members (excludes halogenated alkanes) is 10. The topological polar surface area (TPSA) is 42.3 Å². The lowest BCUT2D eigenvalue weighted by atomic mass is 10.1. The first-order chi connectivity index (χ1) is 13.5. The van der Waals surface area contributed by atoms with Crippen molar-refractivity contribution in [3.05, 3.63) is 20.3 Å². The number of carbonyl (C=O) groups is 2. The normalized spacial score (nSPS) is 13.6. The van der Waals surface area contributed by atoms with Crippen LogP contribution in [0.2, 0.25) is 0 Å². The van der Waals surface area contributed by atoms with Crippen LogP contribution in [0.1, 0.15) is 112 Å². The highest BCUT2D eigenvalue weighted by Gasteiger charge is 2.41. The summed E-state index contributed by atoms with van der Waals surface area (Å²) in [6.07, 6.45) is 14.2. The summed E-state index contributed by atoms with van der Waals surface area (Å²) in [5.41, 5.74) is 1.07. The third-order valence-corrected chi connectivity index (χ3v) is 7.17. The van der Waals surface area contributed by atoms with Crippen LogP contribution < -0.4 is 0 Å². The van der Waals surface area contributed by atoms with E-state index in [1.165, 1.54) is 62.7 Å². The van der Waals surface area contributed by atoms with Crippen molar-refractivity contribution in [3.63, 3.8) is 0 Å². The van der Waals surface area contributed by atoms with Gasteiger partial charge in [-0.05, 0) is 44.7 Å². The molecule has 2 heterocycles. The van der Waals surface area contributed by atoms with Gasteiger partial charge in [0.1, 0.15) is 0 Å². The van der Waals surface area contributed by atoms with Gasteiger partial charge in [-0.15, -0.1) is 0 Å². The molecule has 1 aliphatic rings. The maximum atomic E-state index is 12.8. The minimum Gasteiger partial charge on any atom is -0.329 e. The molecule has 0 radical (unpaired) electrons. The van der Waals surface area contributed by atoms with Crippen molar-refractivity contribution >= 4 is 43.7 Å². The predicted molar refractivity (Wildman–Crippen MR) is 122 cm³/mol. The molecule has 0 aromatic carbocycles. The molecule has 1 aromatic rings. The highest BCUT2D eigenvalue weighted by atomic mass is 79.9. The standard InChI is InChI=1S/C22H34Br2N2O2/c1-3-5-7-9-11-13-15-25-19(23)17-18(20(25)24)22(28)26(21(17)27)16-14-12-10-8-6-4-2/h3-16H2,1-2H3. The minimum absolute atomic E-state index is 0.150. The third-order valence-electron chi connectivity index (χ3n) is 5.53. The van der Waals surface area contributed by atoms with Gasteiger partial charge < -0.3 is 4.57 Å². The molecule has 0 unspecified atom stereocenters. The fourth-order valence-electron chi connectivity index (χ4n) is 3.81. The fourth-order valence-corrected chi connectivity index (χ4v) is 5.50. The average Bonchev–Trinajstić information content (AvgIpc) is 3.08. The van der Waals surface area contributed by atoms with Crippen LogP contribution in [-0.4, -0.2) is 27.8 Å². The van der Waals surface area contributed by atoms with Crippen molar-refractivity contribution in [2.45, 2.75) is 97.4 Å². The SMILES string of the molecule is CCCCCCCCN1C(=O)c2c(c(Br)n(CCCCCCCC)c2Br)C1=O. The van der Waals surface area contributed by atoms with E-state index in [0.717, 1.165) is 35.0 Å². The van der Waals surface area contributed by atoms with E-state index in [0.29, 0.717) is 17.7 Å². The number of hydrogen-bond acceptors (Lipinski definition) is 2. The van der Waals surface area contributed by atoms with E-state index in [9.17, 15) is 9.59 Å². The molecule has 6 heteroatoms. The smallest absolute Gasteiger partial charge is 0.264 e. The van der Waals surface area contributed by atoms with Gasteiger partial charge in [0, 0.05) is 13.1 Å². The van der Waals surface area contributed by atoms with Gasteiger partial charge in [0.15, 0.2) is 0 Å². The van der Waals surface area contributed by atoms with Crippen molar-refractivity contribution in [1.82, 2.24) is 9.47 Å². The van der Waals surface area contributed by atoms with Gasteiger partial charge in [-0.2, -0.15) is 0 Å². The highest BCUT2D eigenvalue weighted by molar-refractivity contribution is 9.11. The fraction of sp³-hybridized carbons (Fsp3) is 0.727. The number of fused-ring (bicyclic) bond motifs is 1. The zero-order chi connectivity index (χ0) is 20.5. The van der Waals surface area contributed by atoms with Crippen molar-refractivity contribution in [3.8, 4) is 0 Å². The Morgan fingerprint density at radius 2 is 1.00 bits per heavy atom. The average molecular weight is 518 g/mol. The van der Waals surface area contributed by atoms with E-state index in [1.54, 1.807) is 0 Å². The Morgan fingerprint density at radius 1 is 0.607 bits per heavy atom. The molecular formula is C22H34Br2N2O2. The lowest BCUT2D eigenvalue weighted by Gasteiger charge is -2.16. The number of imide groups is 1. The molecule has 1 aromatic heterocycles. The van der Waals surface area contributed by atoms with Crippen LogP contribution in [0, 0.1) is 0 Å². The van der Waals surface area contributed by atoms with Gasteiger partial charge in [-0.3, -0.25) is 14.5 Å². The Hall–Kier alpha value is -0.620. The zero-order valence-corrected chi connectivity index (χ0v) is 20.5. The predicted octanol–water partition coefficient (Wildman–Crippen LogP) is 7.33. The second kappa shape index (κ2) is 12.2. The highest BCUT2D eigenvalue weighted by Crippen LogP contribution is 2.38. The van der Waals surface area contributed by atoms with Gasteiger partial charge in [-0.1, -0.05) is 78.1 Å². The lowest BCUT2D eigenvalue weighted by molar-refractivity contribution is 0.0649. The molecule has 4 nitrogen and oxygen atoms in total. The molecule has 0 saturated heterocycles. The van der Waals surface area contributed by atoms with E-state index in [1.807, 2.05) is 4.57 Å². The quantitative estimate of drug-likeness (QED) is 0.191. The van der Waals surface area contributed by atoms with E-state index in [2.05, 4.69) is 45.7 Å². The minimum atomic E-state index is -0.150. The van der Waals surface area contributed by atoms with Crippen LogP contribution in [-0.2, 0) is 6.54 Å². The third kappa shape index (κ3) is 5.71. The van der Waals surface area contributed by atoms with Crippen LogP contribution in [0.15, 0.2) is 9.21 Å². The summed E-state index contributed by atoms with van der Waals surface area (Å²) >= 11 is 7.17. The number of amides is 2. The van der Waals surface area contributed by atoms with Crippen molar-refractivity contribution < 1.29 is 9.59 Å². The number of carbonyl (C=O) groups excluding carboxylic acids is 2. The van der Waals surface area contributed by atoms with Crippen molar-refractivity contribution in [2.24, 2.45) is 0 Å². The maximum Gasteiger partial charge on any atom is 0.264 e. The number of rotatable bonds is 14. The summed E-state index contributed by atoms with van der Waals surface area (Å²) in [4.78, 5) is 27.1. The second-order valence-electron chi connectivity index (χ2n) is 7.78. The lowest BCUT2D eigenvalue weighted by Crippen LogP contribution is -2.31. The Morgan fingerprint density at radius 3 is 1.46 bits per heavy atom. The molecule has 0 saturated carbocycles. The van der Waals surface area contributed by atoms with Crippen molar-refractivity contribution in [1.29, 1.82) is 0 Å². The number of hydrogen-bond donors (Lipinski definition) is 0. The van der Waals surface area contributed by atoms with Crippen LogP contribution in [0.4, 0.5) is 0 Å². The Bertz CT molecular complexity index is 630. The van der Waals surface area contributed by atoms with E-state index in [4.69, 9.17) is 0 Å². The van der Waals surface area contributed by atoms with E-state index in [-0.39, 0.29) is 11.8 Å². The molecule has 2 rings (SSSR count). The summed E-state index contributed by atoms with van der Waals surface area (Å²) in [5.74, 6) is -0.300. The van der Waals surface area contributed by atoms with Gasteiger partial charge in [0.25, 0.3) is 11.8 Å². The van der Waals surface area contributed by atoms with E-state index < -0.39 is 0 Å². The second-order valence-corrected chi connectivity index (χ2v) is 9.28. The van der Waals surface area contributed by atoms with Crippen molar-refractivity contribution in [2.75, 3.05) is 6.54 Å². The van der Waals surface area contributed by atoms with Gasteiger partial charge in [0.2, 0.25) is 0 Å². The molecule has 0 N–H and O–H groups in total. The van der Waals surface area contributed by atoms with Crippen LogP contribution in [0.3, 0.4) is 0 Å². The molecule has 1 aliphatic heterocycles. The Balaban J connectivity index is 1.91. The first-order valence-corrected chi connectivity index (χ1v) is 12.6. The monoisotopic (exact) mass is 516 g/mol. The van der Waals surface area contributed by atoms with Crippen LogP contribution in [0.5, 0.6) is 0 Å². The molecule has 28 heavy (non-hydrogen) atoms. The molecule has 2 amide bonds. The maximum absolute atomic E-state index is 12.8. The summed E-state index contributed by atoms with van der Waals surface area (Å²) in [5, 5.41) is 0. The number of aromatic nitrogens is 1. The number of nitrogens with zero attached hydrogens (tertiary/aromatic N) is 2. The summed E-state index contributed by atoms with van der Waals surface area (Å²) in [6, 6.07) is 0. The Kier molecular flexibility index (Phi) is 10.3. The van der Waals surface area contributed by atoms with Gasteiger partial charge in [0.05, 0.1) is 20.3 Å². The zero-order valence-electron chi connectivity index (χ0n) is 17.4. The first kappa shape index (κ1) is 23.7. The summed E-state index contributed by atoms with van der Waals surface area (Å²) in [6.45, 7) is 5.76.